The van der Waals surface area contributed by atoms with Gasteiger partial charge in [-0.1, -0.05) is 60.1 Å². The summed E-state index contributed by atoms with van der Waals surface area (Å²) in [6.45, 7) is 2.72. The van der Waals surface area contributed by atoms with Crippen molar-refractivity contribution in [3.63, 3.8) is 0 Å². The molecule has 0 spiro atoms. The van der Waals surface area contributed by atoms with Crippen molar-refractivity contribution < 1.29 is 9.53 Å². The first-order chi connectivity index (χ1) is 19.9. The Labute approximate surface area is 249 Å². The Bertz CT molecular complexity index is 1580. The fourth-order valence-electron chi connectivity index (χ4n) is 4.91. The molecule has 41 heavy (non-hydrogen) atoms. The third-order valence-electron chi connectivity index (χ3n) is 7.02. The predicted octanol–water partition coefficient (Wildman–Crippen LogP) is 6.19. The Morgan fingerprint density at radius 3 is 2.76 bits per heavy atom. The molecular weight excluding hydrogens is 554 g/mol. The Hall–Kier alpha value is -3.74. The van der Waals surface area contributed by atoms with E-state index in [9.17, 15) is 10.1 Å². The lowest BCUT2D eigenvalue weighted by molar-refractivity contribution is -0.126. The number of pyridine rings is 1. The molecule has 0 bridgehead atoms. The number of ether oxygens (including phenoxy) is 1. The van der Waals surface area contributed by atoms with E-state index in [2.05, 4.69) is 16.4 Å². The van der Waals surface area contributed by atoms with Crippen LogP contribution < -0.4 is 5.32 Å². The third-order valence-corrected chi connectivity index (χ3v) is 8.40. The molecule has 7 nitrogen and oxygen atoms in total. The van der Waals surface area contributed by atoms with Crippen LogP contribution in [0.1, 0.15) is 33.2 Å². The molecule has 9 heteroatoms. The molecule has 0 fully saturated rings. The maximum Gasteiger partial charge on any atom is 0.246 e. The summed E-state index contributed by atoms with van der Waals surface area (Å²) < 4.78 is 6.16. The van der Waals surface area contributed by atoms with E-state index in [1.54, 1.807) is 23.6 Å². The first-order valence-electron chi connectivity index (χ1n) is 13.5. The normalized spacial score (nSPS) is 13.9. The highest BCUT2D eigenvalue weighted by Crippen LogP contribution is 2.41. The minimum atomic E-state index is -0.229. The standard InChI is InChI=1S/C32H32ClN5O2S/c1-37(2)15-6-9-29(39)38-16-14-26-28(19-38)41-32-30(26)31(24(17-34)18-35-32)36-27(23-10-12-25(33)13-11-23)21-40-20-22-7-4-3-5-8-22/h3-13,18,27H,14-16,19-21H2,1-2H3,(H,35,36)/t27-/m1/s1. The average molecular weight is 586 g/mol. The number of amides is 1. The zero-order valence-corrected chi connectivity index (χ0v) is 24.7. The number of rotatable bonds is 10. The van der Waals surface area contributed by atoms with Crippen molar-refractivity contribution in [2.75, 3.05) is 39.1 Å². The topological polar surface area (TPSA) is 81.5 Å². The van der Waals surface area contributed by atoms with Gasteiger partial charge in [-0.15, -0.1) is 11.3 Å². The number of halogens is 1. The van der Waals surface area contributed by atoms with Gasteiger partial charge in [0.25, 0.3) is 0 Å². The first-order valence-corrected chi connectivity index (χ1v) is 14.7. The fraction of sp³-hybridized carbons (Fsp3) is 0.281. The monoisotopic (exact) mass is 585 g/mol. The van der Waals surface area contributed by atoms with Gasteiger partial charge in [0.05, 0.1) is 37.1 Å². The number of thiophene rings is 1. The van der Waals surface area contributed by atoms with E-state index < -0.39 is 0 Å². The van der Waals surface area contributed by atoms with E-state index in [1.807, 2.05) is 84.6 Å². The number of nitrogens with zero attached hydrogens (tertiary/aromatic N) is 4. The Balaban J connectivity index is 1.44. The molecule has 0 unspecified atom stereocenters. The molecule has 1 amide bonds. The molecule has 1 aliphatic heterocycles. The van der Waals surface area contributed by atoms with E-state index in [4.69, 9.17) is 16.3 Å². The highest BCUT2D eigenvalue weighted by atomic mass is 35.5. The smallest absolute Gasteiger partial charge is 0.246 e. The quantitative estimate of drug-likeness (QED) is 0.223. The van der Waals surface area contributed by atoms with Crippen LogP contribution in [0.5, 0.6) is 0 Å². The Kier molecular flexibility index (Phi) is 9.32. The van der Waals surface area contributed by atoms with Crippen molar-refractivity contribution >= 4 is 44.7 Å². The van der Waals surface area contributed by atoms with Crippen molar-refractivity contribution in [3.05, 3.63) is 105 Å². The van der Waals surface area contributed by atoms with E-state index in [-0.39, 0.29) is 11.9 Å². The predicted molar refractivity (Wildman–Crippen MR) is 165 cm³/mol. The van der Waals surface area contributed by atoms with Crippen LogP contribution in [0.3, 0.4) is 0 Å². The van der Waals surface area contributed by atoms with Gasteiger partial charge in [0, 0.05) is 40.6 Å². The van der Waals surface area contributed by atoms with Crippen LogP contribution in [-0.4, -0.2) is 54.5 Å². The number of carbonyl (C=O) groups is 1. The maximum atomic E-state index is 12.8. The molecule has 2 aromatic carbocycles. The molecule has 4 aromatic rings. The fourth-order valence-corrected chi connectivity index (χ4v) is 6.25. The number of nitriles is 1. The second kappa shape index (κ2) is 13.3. The first kappa shape index (κ1) is 28.8. The molecule has 0 saturated heterocycles. The van der Waals surface area contributed by atoms with Gasteiger partial charge in [0.1, 0.15) is 10.9 Å². The number of hydrogen-bond donors (Lipinski definition) is 1. The van der Waals surface area contributed by atoms with Crippen LogP contribution in [-0.2, 0) is 29.1 Å². The van der Waals surface area contributed by atoms with Gasteiger partial charge in [0.15, 0.2) is 0 Å². The second-order valence-corrected chi connectivity index (χ2v) is 11.8. The van der Waals surface area contributed by atoms with Crippen LogP contribution >= 0.6 is 22.9 Å². The van der Waals surface area contributed by atoms with Crippen molar-refractivity contribution in [3.8, 4) is 6.07 Å². The van der Waals surface area contributed by atoms with Gasteiger partial charge in [-0.25, -0.2) is 4.98 Å². The summed E-state index contributed by atoms with van der Waals surface area (Å²) in [6, 6.07) is 19.8. The van der Waals surface area contributed by atoms with Crippen molar-refractivity contribution in [2.24, 2.45) is 0 Å². The molecule has 3 heterocycles. The Morgan fingerprint density at radius 1 is 1.24 bits per heavy atom. The maximum absolute atomic E-state index is 12.8. The summed E-state index contributed by atoms with van der Waals surface area (Å²) in [7, 11) is 3.94. The van der Waals surface area contributed by atoms with Gasteiger partial charge in [-0.05, 0) is 49.3 Å². The summed E-state index contributed by atoms with van der Waals surface area (Å²) in [6.07, 6.45) is 5.87. The molecular formula is C32H32ClN5O2S. The lowest BCUT2D eigenvalue weighted by Gasteiger charge is -2.27. The van der Waals surface area contributed by atoms with Crippen molar-refractivity contribution in [2.45, 2.75) is 25.6 Å². The number of nitrogens with one attached hydrogen (secondary N) is 1. The lowest BCUT2D eigenvalue weighted by atomic mass is 10.0. The largest absolute Gasteiger partial charge is 0.374 e. The number of likely N-dealkylation sites (N-methyl/N-ethyl adjacent to an activating group) is 1. The highest BCUT2D eigenvalue weighted by molar-refractivity contribution is 7.19. The van der Waals surface area contributed by atoms with E-state index in [0.29, 0.717) is 49.9 Å². The summed E-state index contributed by atoms with van der Waals surface area (Å²) >= 11 is 7.78. The van der Waals surface area contributed by atoms with Crippen LogP contribution in [0, 0.1) is 11.3 Å². The van der Waals surface area contributed by atoms with Gasteiger partial charge < -0.3 is 19.9 Å². The van der Waals surface area contributed by atoms with E-state index in [1.165, 1.54) is 0 Å². The van der Waals surface area contributed by atoms with Gasteiger partial charge >= 0.3 is 0 Å². The zero-order valence-electron chi connectivity index (χ0n) is 23.1. The third kappa shape index (κ3) is 6.95. The summed E-state index contributed by atoms with van der Waals surface area (Å²) in [5.74, 6) is 0.0114. The highest BCUT2D eigenvalue weighted by Gasteiger charge is 2.27. The van der Waals surface area contributed by atoms with E-state index >= 15 is 0 Å². The number of benzene rings is 2. The van der Waals surface area contributed by atoms with E-state index in [0.717, 1.165) is 37.5 Å². The van der Waals surface area contributed by atoms with Crippen LogP contribution in [0.2, 0.25) is 5.02 Å². The molecule has 1 aliphatic rings. The summed E-state index contributed by atoms with van der Waals surface area (Å²) in [4.78, 5) is 23.3. The molecule has 0 saturated carbocycles. The summed E-state index contributed by atoms with van der Waals surface area (Å²) in [5, 5.41) is 15.3. The molecule has 0 aliphatic carbocycles. The van der Waals surface area contributed by atoms with Gasteiger partial charge in [0.2, 0.25) is 5.91 Å². The molecule has 1 N–H and O–H groups in total. The Morgan fingerprint density at radius 2 is 2.02 bits per heavy atom. The van der Waals surface area contributed by atoms with Crippen molar-refractivity contribution in [1.29, 1.82) is 5.26 Å². The molecule has 1 atom stereocenters. The van der Waals surface area contributed by atoms with Crippen LogP contribution in [0.15, 0.2) is 72.9 Å². The number of carbonyl (C=O) groups excluding carboxylic acids is 1. The lowest BCUT2D eigenvalue weighted by Crippen LogP contribution is -2.34. The molecule has 210 valence electrons. The molecule has 2 aromatic heterocycles. The van der Waals surface area contributed by atoms with Gasteiger partial charge in [-0.2, -0.15) is 5.26 Å². The minimum Gasteiger partial charge on any atom is -0.374 e. The zero-order chi connectivity index (χ0) is 28.8. The molecule has 5 rings (SSSR count). The van der Waals surface area contributed by atoms with Crippen molar-refractivity contribution in [1.82, 2.24) is 14.8 Å². The molecule has 0 radical (unpaired) electrons. The van der Waals surface area contributed by atoms with Gasteiger partial charge in [-0.3, -0.25) is 4.79 Å². The second-order valence-electron chi connectivity index (χ2n) is 10.3. The van der Waals surface area contributed by atoms with Crippen LogP contribution in [0.25, 0.3) is 10.2 Å². The number of hydrogen-bond acceptors (Lipinski definition) is 7. The summed E-state index contributed by atoms with van der Waals surface area (Å²) in [5.41, 5.74) is 4.48. The number of fused-ring (bicyclic) bond motifs is 3. The minimum absolute atomic E-state index is 0.0114. The average Bonchev–Trinajstić information content (AvgIpc) is 3.35. The number of aromatic nitrogens is 1. The number of anilines is 1. The SMILES string of the molecule is CN(C)CC=CC(=O)N1CCc2c(sc3ncc(C#N)c(N[C@H](COCc4ccccc4)c4ccc(Cl)cc4)c23)C1. The van der Waals surface area contributed by atoms with Crippen LogP contribution in [0.4, 0.5) is 5.69 Å².